The number of halogens is 1. The van der Waals surface area contributed by atoms with Crippen molar-refractivity contribution in [3.8, 4) is 0 Å². The lowest BCUT2D eigenvalue weighted by molar-refractivity contribution is -0.147. The van der Waals surface area contributed by atoms with Crippen LogP contribution in [-0.2, 0) is 67.1 Å². The topological polar surface area (TPSA) is 418 Å². The summed E-state index contributed by atoms with van der Waals surface area (Å²) in [6.45, 7) is 10.4. The molecule has 0 amide bonds. The van der Waals surface area contributed by atoms with Crippen molar-refractivity contribution in [3.63, 3.8) is 0 Å². The minimum atomic E-state index is -3.69. The molecule has 1 saturated carbocycles. The molecule has 25 heteroatoms. The molecule has 1 aliphatic carbocycles. The molecular formula is C72H107FO23Si. The van der Waals surface area contributed by atoms with Gasteiger partial charge in [-0.15, -0.1) is 0 Å². The first kappa shape index (κ1) is 86.1. The zero-order chi connectivity index (χ0) is 73.4. The molecule has 97 heavy (non-hydrogen) atoms. The smallest absolute Gasteiger partial charge is 0.306 e. The summed E-state index contributed by atoms with van der Waals surface area (Å²) in [6.07, 6.45) is -0.909. The van der Waals surface area contributed by atoms with E-state index < -0.39 is 152 Å². The molecule has 7 atom stereocenters. The lowest BCUT2D eigenvalue weighted by Crippen LogP contribution is -2.57. The second kappa shape index (κ2) is 42.7. The largest absolute Gasteiger partial charge is 0.481 e. The number of aliphatic hydroxyl groups is 1. The lowest BCUT2D eigenvalue weighted by Gasteiger charge is -2.44. The molecule has 0 spiro atoms. The molecular weight excluding hydrogens is 1280 g/mol. The summed E-state index contributed by atoms with van der Waals surface area (Å²) in [5, 5.41) is 76.4. The third-order valence-corrected chi connectivity index (χ3v) is 24.5. The molecule has 2 rings (SSSR count). The van der Waals surface area contributed by atoms with E-state index >= 15 is 4.11 Å². The fourth-order valence-electron chi connectivity index (χ4n) is 13.8. The van der Waals surface area contributed by atoms with Crippen LogP contribution in [0.4, 0.5) is 4.11 Å². The number of carbonyl (C=O) groups excluding carboxylic acids is 8. The molecule has 0 aliphatic heterocycles. The fraction of sp³-hybridized carbons (Fsp3) is 0.708. The van der Waals surface area contributed by atoms with Gasteiger partial charge in [0.15, 0.2) is 5.78 Å². The monoisotopic (exact) mass is 1390 g/mol. The number of carboxylic acids is 7. The fourth-order valence-corrected chi connectivity index (χ4v) is 18.4. The van der Waals surface area contributed by atoms with Crippen LogP contribution >= 0.6 is 0 Å². The van der Waals surface area contributed by atoms with Gasteiger partial charge in [-0.1, -0.05) is 72.2 Å². The van der Waals surface area contributed by atoms with Gasteiger partial charge in [-0.3, -0.25) is 71.9 Å². The Bertz CT molecular complexity index is 2820. The predicted molar refractivity (Wildman–Crippen MR) is 356 cm³/mol. The Morgan fingerprint density at radius 3 is 1.15 bits per heavy atom. The van der Waals surface area contributed by atoms with Gasteiger partial charge in [0, 0.05) is 127 Å². The highest BCUT2D eigenvalue weighted by molar-refractivity contribution is 6.90. The van der Waals surface area contributed by atoms with E-state index in [1.54, 1.807) is 24.3 Å². The number of ketones is 8. The molecule has 1 fully saturated rings. The van der Waals surface area contributed by atoms with Crippen LogP contribution in [0.2, 0.25) is 10.1 Å². The summed E-state index contributed by atoms with van der Waals surface area (Å²) in [4.78, 5) is 189. The normalized spacial score (nSPS) is 18.1. The zero-order valence-corrected chi connectivity index (χ0v) is 58.6. The number of aliphatic hydroxyl groups excluding tert-OH is 1. The molecule has 23 nitrogen and oxygen atoms in total. The molecule has 0 heterocycles. The van der Waals surface area contributed by atoms with Gasteiger partial charge in [0.1, 0.15) is 40.5 Å². The summed E-state index contributed by atoms with van der Waals surface area (Å²) in [7, 11) is -3.69. The number of hydrogen-bond donors (Lipinski definition) is 8. The van der Waals surface area contributed by atoms with E-state index in [0.29, 0.717) is 56.6 Å². The summed E-state index contributed by atoms with van der Waals surface area (Å²) >= 11 is 0. The zero-order valence-electron chi connectivity index (χ0n) is 57.6. The van der Waals surface area contributed by atoms with Crippen molar-refractivity contribution in [1.82, 2.24) is 0 Å². The van der Waals surface area contributed by atoms with Crippen LogP contribution in [0.15, 0.2) is 24.3 Å². The molecule has 0 radical (unpaired) electrons. The highest BCUT2D eigenvalue weighted by Gasteiger charge is 2.56. The Kier molecular flexibility index (Phi) is 37.9. The van der Waals surface area contributed by atoms with Crippen LogP contribution in [0.25, 0.3) is 0 Å². The lowest BCUT2D eigenvalue weighted by atomic mass is 9.78. The number of unbranched alkanes of at least 4 members (excludes halogenated alkanes) is 1. The van der Waals surface area contributed by atoms with Gasteiger partial charge < -0.3 is 45.0 Å². The molecule has 1 aliphatic rings. The minimum Gasteiger partial charge on any atom is -0.481 e. The highest BCUT2D eigenvalue weighted by atomic mass is 28.4. The van der Waals surface area contributed by atoms with E-state index in [9.17, 15) is 108 Å². The number of hydrogen-bond acceptors (Lipinski definition) is 16. The van der Waals surface area contributed by atoms with Crippen LogP contribution in [0.1, 0.15) is 264 Å². The number of carboxylic acid groups (broad SMARTS) is 7. The van der Waals surface area contributed by atoms with E-state index in [4.69, 9.17) is 5.11 Å². The number of benzene rings is 1. The SMILES string of the molecule is CC(C)(C)[Si](F)(c1ccc(C(=O)CC[C@@H](CC(=O)CC2CCC(CC(=O)O)CCC(CC(=O)O)CCC(CC(=O)O)CC2)C(=O)C[C@H](CO)C(=O)CCCC(=O)CCCC(=O)CCCC[C@@H](CC(=O)CC[C@H](CC(=O)C[C@@H](CCC(=O)O)C(=O)O)C(=O)O)C(=O)O)cc1)C(C)(C)C. The number of Topliss-reactive ketones (excluding diaryl/α,β-unsaturated/α-hetero) is 8. The van der Waals surface area contributed by atoms with Gasteiger partial charge in [0.05, 0.1) is 24.4 Å². The third kappa shape index (κ3) is 32.9. The van der Waals surface area contributed by atoms with Crippen molar-refractivity contribution in [3.05, 3.63) is 29.8 Å². The van der Waals surface area contributed by atoms with Gasteiger partial charge >= 0.3 is 41.8 Å². The Morgan fingerprint density at radius 2 is 0.753 bits per heavy atom. The van der Waals surface area contributed by atoms with E-state index in [-0.39, 0.29) is 181 Å². The second-order valence-corrected chi connectivity index (χ2v) is 34.1. The molecule has 8 N–H and O–H groups in total. The molecule has 0 bridgehead atoms. The predicted octanol–water partition coefficient (Wildman–Crippen LogP) is 11.6. The third-order valence-electron chi connectivity index (χ3n) is 19.3. The van der Waals surface area contributed by atoms with Crippen LogP contribution in [0.3, 0.4) is 0 Å². The summed E-state index contributed by atoms with van der Waals surface area (Å²) in [5.41, 5.74) is 0.265. The van der Waals surface area contributed by atoms with Crippen LogP contribution < -0.4 is 5.19 Å². The van der Waals surface area contributed by atoms with Gasteiger partial charge in [-0.25, -0.2) is 0 Å². The Morgan fingerprint density at radius 1 is 0.381 bits per heavy atom. The van der Waals surface area contributed by atoms with Crippen molar-refractivity contribution >= 4 is 102 Å². The van der Waals surface area contributed by atoms with Crippen molar-refractivity contribution in [2.45, 2.75) is 264 Å². The maximum Gasteiger partial charge on any atom is 0.306 e. The molecule has 544 valence electrons. The second-order valence-electron chi connectivity index (χ2n) is 29.2. The number of aliphatic carboxylic acids is 7. The van der Waals surface area contributed by atoms with Crippen molar-refractivity contribution < 1.29 is 117 Å². The van der Waals surface area contributed by atoms with Crippen molar-refractivity contribution in [2.75, 3.05) is 6.61 Å². The van der Waals surface area contributed by atoms with Crippen LogP contribution in [0.5, 0.6) is 0 Å². The molecule has 1 aromatic rings. The number of carbonyl (C=O) groups is 15. The van der Waals surface area contributed by atoms with E-state index in [1.165, 1.54) is 0 Å². The molecule has 1 aromatic carbocycles. The first-order valence-corrected chi connectivity index (χ1v) is 36.3. The maximum absolute atomic E-state index is 17.2. The van der Waals surface area contributed by atoms with Crippen LogP contribution in [-0.4, -0.2) is 144 Å². The summed E-state index contributed by atoms with van der Waals surface area (Å²) in [5.74, 6) is -19.4. The van der Waals surface area contributed by atoms with Gasteiger partial charge in [-0.2, -0.15) is 0 Å². The van der Waals surface area contributed by atoms with Gasteiger partial charge in [0.2, 0.25) is 0 Å². The van der Waals surface area contributed by atoms with E-state index in [1.807, 2.05) is 41.5 Å². The average molecular weight is 1390 g/mol. The van der Waals surface area contributed by atoms with E-state index in [2.05, 4.69) is 0 Å². The minimum absolute atomic E-state index is 0.00403. The van der Waals surface area contributed by atoms with Crippen molar-refractivity contribution in [1.29, 1.82) is 0 Å². The van der Waals surface area contributed by atoms with Crippen molar-refractivity contribution in [2.24, 2.45) is 53.3 Å². The summed E-state index contributed by atoms with van der Waals surface area (Å²) < 4.78 is 17.2. The van der Waals surface area contributed by atoms with E-state index in [0.717, 1.165) is 0 Å². The quantitative estimate of drug-likeness (QED) is 0.0130. The average Bonchev–Trinajstić information content (AvgIpc) is 0.749. The Hall–Kier alpha value is -7.02. The number of rotatable bonds is 48. The Labute approximate surface area is 569 Å². The highest BCUT2D eigenvalue weighted by Crippen LogP contribution is 2.51. The van der Waals surface area contributed by atoms with Gasteiger partial charge in [0.25, 0.3) is 8.41 Å². The first-order valence-electron chi connectivity index (χ1n) is 34.4. The Balaban J connectivity index is 2.11. The summed E-state index contributed by atoms with van der Waals surface area (Å²) in [6, 6.07) is 6.38. The molecule has 2 unspecified atom stereocenters. The maximum atomic E-state index is 17.2. The molecule has 0 saturated heterocycles. The standard InChI is InChI=1S/C72H107FO23Si/c1-71(2,3)97(73,72(4,5)6)60-31-26-49(27-32-60)62(81)33-28-50(39-58(78)35-45-17-19-46(36-65(85)86)21-23-48(38-67(89)90)24-22-47(20-18-45)37-66(87)88)63(82)43-54(44-74)61(80)16-10-15-56(76)14-9-13-55(75)12-8-7-11-51(68(91)92)40-57(77)30-25-52(69(93)94)41-59(79)42-53(70(95)96)29-34-64(83)84/h26-27,31-32,45-48,50-54,74H,7-25,28-30,33-44H2,1-6H3,(H,83,84)(H,85,86)(H,87,88)(H,89,90)(H,91,92)(H,93,94)(H,95,96)/t45?,46?,47?,48?,50-,51-,52+,53+,54+/m0/s1. The molecule has 0 aromatic heterocycles. The first-order chi connectivity index (χ1) is 45.3. The van der Waals surface area contributed by atoms with Gasteiger partial charge in [-0.05, 0) is 135 Å². The van der Waals surface area contributed by atoms with Crippen LogP contribution in [0, 0.1) is 53.3 Å².